The van der Waals surface area contributed by atoms with Crippen LogP contribution in [0.5, 0.6) is 0 Å². The molecule has 1 fully saturated rings. The number of hydrogen-bond acceptors (Lipinski definition) is 3. The van der Waals surface area contributed by atoms with Crippen molar-refractivity contribution < 1.29 is 19.4 Å². The molecule has 0 radical (unpaired) electrons. The van der Waals surface area contributed by atoms with E-state index in [1.807, 2.05) is 19.9 Å². The Bertz CT molecular complexity index is 314. The fraction of sp³-hybridized carbons (Fsp3) is 0.667. The van der Waals surface area contributed by atoms with Crippen molar-refractivity contribution in [3.05, 3.63) is 11.6 Å². The van der Waals surface area contributed by atoms with Gasteiger partial charge in [-0.25, -0.2) is 4.79 Å². The predicted molar refractivity (Wildman–Crippen MR) is 62.5 cm³/mol. The Labute approximate surface area is 101 Å². The monoisotopic (exact) mass is 241 g/mol. The highest BCUT2D eigenvalue weighted by Crippen LogP contribution is 2.12. The van der Waals surface area contributed by atoms with E-state index in [9.17, 15) is 9.59 Å². The van der Waals surface area contributed by atoms with Crippen molar-refractivity contribution in [1.29, 1.82) is 0 Å². The van der Waals surface area contributed by atoms with Crippen molar-refractivity contribution in [1.82, 2.24) is 5.32 Å². The van der Waals surface area contributed by atoms with Gasteiger partial charge in [0.1, 0.15) is 6.04 Å². The molecule has 2 atom stereocenters. The number of nitrogens with one attached hydrogen (secondary N) is 1. The molecule has 0 aliphatic carbocycles. The average Bonchev–Trinajstić information content (AvgIpc) is 2.76. The topological polar surface area (TPSA) is 75.6 Å². The Morgan fingerprint density at radius 3 is 2.71 bits per heavy atom. The fourth-order valence-corrected chi connectivity index (χ4v) is 1.61. The maximum atomic E-state index is 11.7. The van der Waals surface area contributed by atoms with Gasteiger partial charge in [-0.15, -0.1) is 0 Å². The SMILES string of the molecule is CC(C)=CC[C@@H](NC(=O)[C@@H]1CCOC1)C(=O)O. The molecular weight excluding hydrogens is 222 g/mol. The van der Waals surface area contributed by atoms with Crippen LogP contribution in [0, 0.1) is 5.92 Å². The summed E-state index contributed by atoms with van der Waals surface area (Å²) in [7, 11) is 0. The number of carbonyl (C=O) groups is 2. The fourth-order valence-electron chi connectivity index (χ4n) is 1.61. The van der Waals surface area contributed by atoms with Gasteiger partial charge in [-0.05, 0) is 26.7 Å². The lowest BCUT2D eigenvalue weighted by Crippen LogP contribution is -2.43. The van der Waals surface area contributed by atoms with E-state index in [0.29, 0.717) is 26.1 Å². The molecule has 0 saturated carbocycles. The molecule has 0 unspecified atom stereocenters. The van der Waals surface area contributed by atoms with Crippen molar-refractivity contribution >= 4 is 11.9 Å². The molecule has 5 heteroatoms. The van der Waals surface area contributed by atoms with Gasteiger partial charge in [0.05, 0.1) is 12.5 Å². The quantitative estimate of drug-likeness (QED) is 0.703. The summed E-state index contributed by atoms with van der Waals surface area (Å²) < 4.78 is 5.10. The number of rotatable bonds is 5. The first-order chi connectivity index (χ1) is 8.00. The minimum absolute atomic E-state index is 0.205. The van der Waals surface area contributed by atoms with Gasteiger partial charge in [0, 0.05) is 6.61 Å². The summed E-state index contributed by atoms with van der Waals surface area (Å²) >= 11 is 0. The zero-order chi connectivity index (χ0) is 12.8. The number of carbonyl (C=O) groups excluding carboxylic acids is 1. The maximum absolute atomic E-state index is 11.7. The molecule has 96 valence electrons. The highest BCUT2D eigenvalue weighted by molar-refractivity contribution is 5.85. The van der Waals surface area contributed by atoms with Gasteiger partial charge in [0.25, 0.3) is 0 Å². The van der Waals surface area contributed by atoms with Crippen LogP contribution in [-0.4, -0.2) is 36.2 Å². The molecule has 0 aromatic heterocycles. The van der Waals surface area contributed by atoms with Crippen LogP contribution in [0.15, 0.2) is 11.6 Å². The second-order valence-electron chi connectivity index (χ2n) is 4.48. The van der Waals surface area contributed by atoms with E-state index in [-0.39, 0.29) is 11.8 Å². The molecule has 2 N–H and O–H groups in total. The average molecular weight is 241 g/mol. The lowest BCUT2D eigenvalue weighted by molar-refractivity contribution is -0.142. The van der Waals surface area contributed by atoms with Crippen LogP contribution < -0.4 is 5.32 Å². The molecule has 0 spiro atoms. The van der Waals surface area contributed by atoms with E-state index in [4.69, 9.17) is 9.84 Å². The number of amides is 1. The second-order valence-corrected chi connectivity index (χ2v) is 4.48. The molecule has 0 aromatic rings. The summed E-state index contributed by atoms with van der Waals surface area (Å²) in [5.74, 6) is -1.43. The normalized spacial score (nSPS) is 20.7. The first-order valence-corrected chi connectivity index (χ1v) is 5.75. The molecule has 0 aromatic carbocycles. The van der Waals surface area contributed by atoms with Gasteiger partial charge in [-0.3, -0.25) is 4.79 Å². The molecule has 1 rings (SSSR count). The molecule has 1 amide bonds. The number of carboxylic acid groups (broad SMARTS) is 1. The largest absolute Gasteiger partial charge is 0.480 e. The third-order valence-electron chi connectivity index (χ3n) is 2.68. The number of carboxylic acids is 1. The molecule has 5 nitrogen and oxygen atoms in total. The lowest BCUT2D eigenvalue weighted by atomic mass is 10.1. The highest BCUT2D eigenvalue weighted by Gasteiger charge is 2.27. The summed E-state index contributed by atoms with van der Waals surface area (Å²) in [5.41, 5.74) is 1.04. The maximum Gasteiger partial charge on any atom is 0.326 e. The van der Waals surface area contributed by atoms with Crippen molar-refractivity contribution in [3.63, 3.8) is 0 Å². The second kappa shape index (κ2) is 6.39. The van der Waals surface area contributed by atoms with Crippen molar-refractivity contribution in [3.8, 4) is 0 Å². The molecule has 1 heterocycles. The number of aliphatic carboxylic acids is 1. The Kier molecular flexibility index (Phi) is 5.15. The Hall–Kier alpha value is -1.36. The Balaban J connectivity index is 2.51. The zero-order valence-corrected chi connectivity index (χ0v) is 10.2. The molecule has 17 heavy (non-hydrogen) atoms. The van der Waals surface area contributed by atoms with Crippen LogP contribution in [0.3, 0.4) is 0 Å². The Morgan fingerprint density at radius 2 is 2.24 bits per heavy atom. The highest BCUT2D eigenvalue weighted by atomic mass is 16.5. The number of allylic oxidation sites excluding steroid dienone is 1. The van der Waals surface area contributed by atoms with Crippen molar-refractivity contribution in [2.75, 3.05) is 13.2 Å². The summed E-state index contributed by atoms with van der Waals surface area (Å²) in [6.45, 7) is 4.75. The van der Waals surface area contributed by atoms with Gasteiger partial charge in [0.15, 0.2) is 0 Å². The van der Waals surface area contributed by atoms with Gasteiger partial charge in [-0.2, -0.15) is 0 Å². The van der Waals surface area contributed by atoms with Crippen LogP contribution in [0.2, 0.25) is 0 Å². The molecule has 1 aliphatic rings. The van der Waals surface area contributed by atoms with Crippen LogP contribution in [-0.2, 0) is 14.3 Å². The van der Waals surface area contributed by atoms with E-state index in [1.165, 1.54) is 0 Å². The predicted octanol–water partition coefficient (Wildman–Crippen LogP) is 0.949. The van der Waals surface area contributed by atoms with Gasteiger partial charge < -0.3 is 15.2 Å². The molecule has 1 aliphatic heterocycles. The summed E-state index contributed by atoms with van der Waals surface area (Å²) in [5, 5.41) is 11.6. The van der Waals surface area contributed by atoms with Gasteiger partial charge in [0.2, 0.25) is 5.91 Å². The Morgan fingerprint density at radius 1 is 1.53 bits per heavy atom. The van der Waals surface area contributed by atoms with Crippen LogP contribution in [0.25, 0.3) is 0 Å². The third kappa shape index (κ3) is 4.56. The number of ether oxygens (including phenoxy) is 1. The summed E-state index contributed by atoms with van der Waals surface area (Å²) in [6, 6.07) is -0.849. The van der Waals surface area contributed by atoms with E-state index in [2.05, 4.69) is 5.32 Å². The van der Waals surface area contributed by atoms with E-state index < -0.39 is 12.0 Å². The third-order valence-corrected chi connectivity index (χ3v) is 2.68. The zero-order valence-electron chi connectivity index (χ0n) is 10.2. The van der Waals surface area contributed by atoms with Crippen molar-refractivity contribution in [2.24, 2.45) is 5.92 Å². The van der Waals surface area contributed by atoms with Crippen molar-refractivity contribution in [2.45, 2.75) is 32.7 Å². The molecule has 1 saturated heterocycles. The minimum Gasteiger partial charge on any atom is -0.480 e. The minimum atomic E-state index is -1.00. The van der Waals surface area contributed by atoms with E-state index in [0.717, 1.165) is 5.57 Å². The molecular formula is C12H19NO4. The van der Waals surface area contributed by atoms with Gasteiger partial charge in [-0.1, -0.05) is 11.6 Å². The first-order valence-electron chi connectivity index (χ1n) is 5.75. The molecule has 0 bridgehead atoms. The van der Waals surface area contributed by atoms with Gasteiger partial charge >= 0.3 is 5.97 Å². The summed E-state index contributed by atoms with van der Waals surface area (Å²) in [6.07, 6.45) is 2.79. The van der Waals surface area contributed by atoms with Crippen LogP contribution in [0.4, 0.5) is 0 Å². The van der Waals surface area contributed by atoms with Crippen LogP contribution in [0.1, 0.15) is 26.7 Å². The smallest absolute Gasteiger partial charge is 0.326 e. The summed E-state index contributed by atoms with van der Waals surface area (Å²) in [4.78, 5) is 22.7. The lowest BCUT2D eigenvalue weighted by Gasteiger charge is -2.15. The van der Waals surface area contributed by atoms with E-state index in [1.54, 1.807) is 0 Å². The number of hydrogen-bond donors (Lipinski definition) is 2. The van der Waals surface area contributed by atoms with Crippen LogP contribution >= 0.6 is 0 Å². The standard InChI is InChI=1S/C12H19NO4/c1-8(2)3-4-10(12(15)16)13-11(14)9-5-6-17-7-9/h3,9-10H,4-7H2,1-2H3,(H,13,14)(H,15,16)/t9-,10-/m1/s1. The first kappa shape index (κ1) is 13.7. The van der Waals surface area contributed by atoms with E-state index >= 15 is 0 Å².